The lowest BCUT2D eigenvalue weighted by atomic mass is 10.5. The summed E-state index contributed by atoms with van der Waals surface area (Å²) in [6, 6.07) is 0. The van der Waals surface area contributed by atoms with E-state index < -0.39 is 16.4 Å². The molecule has 0 fully saturated rings. The van der Waals surface area contributed by atoms with Gasteiger partial charge < -0.3 is 10.2 Å². The maximum atomic E-state index is 9.19. The van der Waals surface area contributed by atoms with Crippen LogP contribution in [-0.4, -0.2) is 35.7 Å². The van der Waals surface area contributed by atoms with Gasteiger partial charge >= 0.3 is 0 Å². The van der Waals surface area contributed by atoms with Crippen molar-refractivity contribution < 1.29 is 23.2 Å². The Morgan fingerprint density at radius 1 is 1.40 bits per heavy atom. The molecule has 0 rings (SSSR count). The second-order valence-corrected chi connectivity index (χ2v) is 3.09. The Balaban J connectivity index is 0. The van der Waals surface area contributed by atoms with Gasteiger partial charge in [0.2, 0.25) is 0 Å². The molecular formula is C4H12O5S. The van der Waals surface area contributed by atoms with Crippen molar-refractivity contribution in [1.82, 2.24) is 0 Å². The van der Waals surface area contributed by atoms with Gasteiger partial charge in [-0.2, -0.15) is 8.42 Å². The highest BCUT2D eigenvalue weighted by atomic mass is 32.2. The number of hydrogen-bond donors (Lipinski definition) is 3. The third-order valence-corrected chi connectivity index (χ3v) is 0.365. The number of aliphatic hydroxyl groups excluding tert-OH is 1. The average Bonchev–Trinajstić information content (AvgIpc) is 1.61. The Hall–Kier alpha value is -0.170. The van der Waals surface area contributed by atoms with Crippen molar-refractivity contribution in [3.05, 3.63) is 0 Å². The molecule has 10 heavy (non-hydrogen) atoms. The minimum Gasteiger partial charge on any atom is -0.368 e. The van der Waals surface area contributed by atoms with Gasteiger partial charge in [-0.25, -0.2) is 0 Å². The minimum atomic E-state index is -3.67. The fourth-order valence-electron chi connectivity index (χ4n) is 0. The highest BCUT2D eigenvalue weighted by Crippen LogP contribution is 1.77. The van der Waals surface area contributed by atoms with Crippen LogP contribution in [0.1, 0.15) is 13.3 Å². The summed E-state index contributed by atoms with van der Waals surface area (Å²) in [4.78, 5) is 0. The fourth-order valence-corrected chi connectivity index (χ4v) is 0. The standard InChI is InChI=1S/C3H8O2.CH4O3S/c1-2-3(4)5;1-5(2,3)4/h3-5H,2H2,1H3;1H3,(H,2,3,4). The van der Waals surface area contributed by atoms with Crippen molar-refractivity contribution in [2.45, 2.75) is 19.6 Å². The Morgan fingerprint density at radius 3 is 1.50 bits per heavy atom. The van der Waals surface area contributed by atoms with Crippen molar-refractivity contribution in [3.8, 4) is 0 Å². The second-order valence-electron chi connectivity index (χ2n) is 1.62. The quantitative estimate of drug-likeness (QED) is 0.356. The lowest BCUT2D eigenvalue weighted by Gasteiger charge is -1.90. The van der Waals surface area contributed by atoms with Gasteiger partial charge in [0.1, 0.15) is 0 Å². The van der Waals surface area contributed by atoms with Gasteiger partial charge in [0.25, 0.3) is 10.1 Å². The lowest BCUT2D eigenvalue weighted by molar-refractivity contribution is -0.0413. The van der Waals surface area contributed by atoms with Crippen LogP contribution in [0.4, 0.5) is 0 Å². The Bertz CT molecular complexity index is 139. The van der Waals surface area contributed by atoms with E-state index in [1.807, 2.05) is 0 Å². The summed E-state index contributed by atoms with van der Waals surface area (Å²) in [5, 5.41) is 15.8. The van der Waals surface area contributed by atoms with Crippen LogP contribution in [0.15, 0.2) is 0 Å². The van der Waals surface area contributed by atoms with Crippen molar-refractivity contribution in [2.24, 2.45) is 0 Å². The highest BCUT2D eigenvalue weighted by molar-refractivity contribution is 7.85. The number of rotatable bonds is 1. The molecule has 5 nitrogen and oxygen atoms in total. The molecular weight excluding hydrogens is 160 g/mol. The van der Waals surface area contributed by atoms with Gasteiger partial charge in [0.15, 0.2) is 6.29 Å². The van der Waals surface area contributed by atoms with Crippen LogP contribution in [0.5, 0.6) is 0 Å². The summed E-state index contributed by atoms with van der Waals surface area (Å²) in [6.45, 7) is 1.70. The van der Waals surface area contributed by atoms with Gasteiger partial charge in [-0.3, -0.25) is 4.55 Å². The summed E-state index contributed by atoms with van der Waals surface area (Å²) in [5.41, 5.74) is 0. The zero-order valence-electron chi connectivity index (χ0n) is 5.85. The summed E-state index contributed by atoms with van der Waals surface area (Å²) in [6.07, 6.45) is 0.0162. The predicted molar refractivity (Wildman–Crippen MR) is 36.0 cm³/mol. The second kappa shape index (κ2) is 5.60. The number of aliphatic hydroxyl groups is 2. The largest absolute Gasteiger partial charge is 0.368 e. The van der Waals surface area contributed by atoms with E-state index in [-0.39, 0.29) is 0 Å². The van der Waals surface area contributed by atoms with Crippen molar-refractivity contribution in [1.29, 1.82) is 0 Å². The van der Waals surface area contributed by atoms with Crippen LogP contribution >= 0.6 is 0 Å². The van der Waals surface area contributed by atoms with E-state index in [9.17, 15) is 8.42 Å². The van der Waals surface area contributed by atoms with Crippen LogP contribution in [-0.2, 0) is 10.1 Å². The molecule has 0 aromatic carbocycles. The smallest absolute Gasteiger partial charge is 0.261 e. The lowest BCUT2D eigenvalue weighted by Crippen LogP contribution is -1.99. The summed E-state index contributed by atoms with van der Waals surface area (Å²) < 4.78 is 25.9. The van der Waals surface area contributed by atoms with Gasteiger partial charge in [-0.1, -0.05) is 6.92 Å². The summed E-state index contributed by atoms with van der Waals surface area (Å²) >= 11 is 0. The molecule has 0 aliphatic carbocycles. The molecule has 0 saturated heterocycles. The summed E-state index contributed by atoms with van der Waals surface area (Å²) in [5.74, 6) is 0. The molecule has 64 valence electrons. The van der Waals surface area contributed by atoms with Crippen molar-refractivity contribution in [3.63, 3.8) is 0 Å². The monoisotopic (exact) mass is 172 g/mol. The third kappa shape index (κ3) is 109. The zero-order chi connectivity index (χ0) is 8.78. The van der Waals surface area contributed by atoms with E-state index in [1.54, 1.807) is 6.92 Å². The fraction of sp³-hybridized carbons (Fsp3) is 1.00. The van der Waals surface area contributed by atoms with Crippen molar-refractivity contribution in [2.75, 3.05) is 6.26 Å². The molecule has 0 unspecified atom stereocenters. The van der Waals surface area contributed by atoms with Gasteiger partial charge in [-0.15, -0.1) is 0 Å². The van der Waals surface area contributed by atoms with Gasteiger partial charge in [0.05, 0.1) is 6.26 Å². The molecule has 0 aromatic rings. The summed E-state index contributed by atoms with van der Waals surface area (Å²) in [7, 11) is -3.67. The number of hydrogen-bond acceptors (Lipinski definition) is 4. The Morgan fingerprint density at radius 2 is 1.50 bits per heavy atom. The Labute approximate surface area is 60.1 Å². The molecule has 0 aliphatic heterocycles. The molecule has 0 spiro atoms. The topological polar surface area (TPSA) is 94.8 Å². The van der Waals surface area contributed by atoms with E-state index in [0.29, 0.717) is 12.7 Å². The van der Waals surface area contributed by atoms with Crippen LogP contribution in [0.3, 0.4) is 0 Å². The zero-order valence-corrected chi connectivity index (χ0v) is 6.67. The predicted octanol–water partition coefficient (Wildman–Crippen LogP) is -0.789. The molecule has 0 aromatic heterocycles. The third-order valence-electron chi connectivity index (χ3n) is 0.365. The first kappa shape index (κ1) is 12.5. The SMILES string of the molecule is CCC(O)O.CS(=O)(=O)O. The van der Waals surface area contributed by atoms with Crippen molar-refractivity contribution >= 4 is 10.1 Å². The first-order valence-corrected chi connectivity index (χ1v) is 4.40. The molecule has 0 bridgehead atoms. The minimum absolute atomic E-state index is 0.417. The first-order valence-electron chi connectivity index (χ1n) is 2.56. The average molecular weight is 172 g/mol. The molecule has 0 radical (unpaired) electrons. The molecule has 0 aliphatic rings. The van der Waals surface area contributed by atoms with E-state index in [4.69, 9.17) is 14.8 Å². The molecule has 3 N–H and O–H groups in total. The van der Waals surface area contributed by atoms with Gasteiger partial charge in [-0.05, 0) is 6.42 Å². The van der Waals surface area contributed by atoms with Crippen LogP contribution in [0, 0.1) is 0 Å². The van der Waals surface area contributed by atoms with E-state index in [1.165, 1.54) is 0 Å². The maximum Gasteiger partial charge on any atom is 0.261 e. The Kier molecular flexibility index (Phi) is 7.00. The highest BCUT2D eigenvalue weighted by Gasteiger charge is 1.83. The van der Waals surface area contributed by atoms with Crippen LogP contribution < -0.4 is 0 Å². The van der Waals surface area contributed by atoms with Crippen LogP contribution in [0.25, 0.3) is 0 Å². The first-order chi connectivity index (χ1) is 4.27. The van der Waals surface area contributed by atoms with Gasteiger partial charge in [0, 0.05) is 0 Å². The molecule has 6 heteroatoms. The van der Waals surface area contributed by atoms with E-state index >= 15 is 0 Å². The van der Waals surface area contributed by atoms with Crippen LogP contribution in [0.2, 0.25) is 0 Å². The molecule has 0 amide bonds. The van der Waals surface area contributed by atoms with E-state index in [2.05, 4.69) is 0 Å². The van der Waals surface area contributed by atoms with E-state index in [0.717, 1.165) is 0 Å². The molecule has 0 heterocycles. The molecule has 0 atom stereocenters. The maximum absolute atomic E-state index is 9.19. The molecule has 0 saturated carbocycles. The normalized spacial score (nSPS) is 10.6.